The number of rotatable bonds is 4. The Balaban J connectivity index is 1.20. The van der Waals surface area contributed by atoms with Gasteiger partial charge in [0.05, 0.1) is 0 Å². The Hall–Kier alpha value is -3.23. The van der Waals surface area contributed by atoms with Crippen molar-refractivity contribution in [3.63, 3.8) is 0 Å². The van der Waals surface area contributed by atoms with E-state index < -0.39 is 0 Å². The van der Waals surface area contributed by atoms with Crippen molar-refractivity contribution < 1.29 is 4.39 Å². The Morgan fingerprint density at radius 3 is 2.69 bits per heavy atom. The highest BCUT2D eigenvalue weighted by Gasteiger charge is 2.43. The van der Waals surface area contributed by atoms with E-state index in [4.69, 9.17) is 10.1 Å². The van der Waals surface area contributed by atoms with E-state index in [-0.39, 0.29) is 5.82 Å². The van der Waals surface area contributed by atoms with Crippen LogP contribution >= 0.6 is 0 Å². The molecule has 0 radical (unpaired) electrons. The lowest BCUT2D eigenvalue weighted by atomic mass is 9.92. The number of nitrogens with zero attached hydrogens (tertiary/aromatic N) is 7. The smallest absolute Gasteiger partial charge is 0.244 e. The number of aryl methyl sites for hydroxylation is 2. The Kier molecular flexibility index (Phi) is 4.69. The summed E-state index contributed by atoms with van der Waals surface area (Å²) < 4.78 is 15.7. The largest absolute Gasteiger partial charge is 0.356 e. The van der Waals surface area contributed by atoms with Gasteiger partial charge in [-0.05, 0) is 56.2 Å². The van der Waals surface area contributed by atoms with Gasteiger partial charge in [0.1, 0.15) is 18.0 Å². The van der Waals surface area contributed by atoms with Gasteiger partial charge in [-0.1, -0.05) is 6.07 Å². The summed E-state index contributed by atoms with van der Waals surface area (Å²) in [5, 5.41) is 8.42. The van der Waals surface area contributed by atoms with Gasteiger partial charge in [-0.15, -0.1) is 5.10 Å². The highest BCUT2D eigenvalue weighted by atomic mass is 19.1. The molecule has 1 saturated heterocycles. The Morgan fingerprint density at radius 2 is 1.91 bits per heavy atom. The quantitative estimate of drug-likeness (QED) is 0.675. The molecular weight excluding hydrogens is 407 g/mol. The van der Waals surface area contributed by atoms with Crippen molar-refractivity contribution in [2.45, 2.75) is 38.8 Å². The molecule has 9 heteroatoms. The lowest BCUT2D eigenvalue weighted by molar-refractivity contribution is 0.374. The van der Waals surface area contributed by atoms with E-state index in [0.29, 0.717) is 23.8 Å². The Morgan fingerprint density at radius 1 is 1.06 bits per heavy atom. The van der Waals surface area contributed by atoms with E-state index >= 15 is 0 Å². The van der Waals surface area contributed by atoms with Crippen LogP contribution in [0.3, 0.4) is 0 Å². The molecule has 2 aliphatic heterocycles. The van der Waals surface area contributed by atoms with E-state index in [2.05, 4.69) is 31.2 Å². The fourth-order valence-corrected chi connectivity index (χ4v) is 5.52. The van der Waals surface area contributed by atoms with Crippen molar-refractivity contribution in [3.05, 3.63) is 48.2 Å². The van der Waals surface area contributed by atoms with Crippen LogP contribution in [0.15, 0.2) is 36.7 Å². The molecule has 6 rings (SSSR count). The van der Waals surface area contributed by atoms with Crippen LogP contribution in [0.2, 0.25) is 0 Å². The summed E-state index contributed by atoms with van der Waals surface area (Å²) >= 11 is 0. The summed E-state index contributed by atoms with van der Waals surface area (Å²) in [5.74, 6) is 3.31. The maximum absolute atomic E-state index is 13.8. The zero-order valence-electron chi connectivity index (χ0n) is 18.2. The molecule has 1 saturated carbocycles. The van der Waals surface area contributed by atoms with E-state index in [1.54, 1.807) is 18.5 Å². The van der Waals surface area contributed by atoms with E-state index in [0.717, 1.165) is 55.7 Å². The number of fused-ring (bicyclic) bond motifs is 3. The molecule has 4 heterocycles. The van der Waals surface area contributed by atoms with Gasteiger partial charge in [0.15, 0.2) is 0 Å². The zero-order valence-corrected chi connectivity index (χ0v) is 18.2. The van der Waals surface area contributed by atoms with E-state index in [1.807, 2.05) is 17.7 Å². The van der Waals surface area contributed by atoms with Gasteiger partial charge < -0.3 is 15.1 Å². The summed E-state index contributed by atoms with van der Waals surface area (Å²) in [4.78, 5) is 18.0. The monoisotopic (exact) mass is 434 g/mol. The molecule has 2 fully saturated rings. The highest BCUT2D eigenvalue weighted by molar-refractivity contribution is 5.59. The molecular formula is C23H27FN8. The van der Waals surface area contributed by atoms with Crippen LogP contribution in [0.5, 0.6) is 0 Å². The lowest BCUT2D eigenvalue weighted by Crippen LogP contribution is -2.48. The third-order valence-corrected chi connectivity index (χ3v) is 7.01. The van der Waals surface area contributed by atoms with Gasteiger partial charge in [0.25, 0.3) is 0 Å². The number of hydrogen-bond donors (Lipinski definition) is 1. The van der Waals surface area contributed by atoms with Gasteiger partial charge in [-0.2, -0.15) is 4.98 Å². The molecule has 0 unspecified atom stereocenters. The van der Waals surface area contributed by atoms with Crippen LogP contribution in [0.25, 0.3) is 0 Å². The minimum absolute atomic E-state index is 0.236. The first kappa shape index (κ1) is 19.5. The maximum atomic E-state index is 13.8. The number of anilines is 4. The van der Waals surface area contributed by atoms with Crippen molar-refractivity contribution >= 4 is 23.4 Å². The minimum Gasteiger partial charge on any atom is -0.356 e. The van der Waals surface area contributed by atoms with Gasteiger partial charge in [0.2, 0.25) is 11.9 Å². The number of piperidine rings is 1. The van der Waals surface area contributed by atoms with Crippen LogP contribution in [0.4, 0.5) is 27.8 Å². The average molecular weight is 435 g/mol. The normalized spacial score (nSPS) is 24.5. The first-order chi connectivity index (χ1) is 15.6. The van der Waals surface area contributed by atoms with Crippen molar-refractivity contribution in [1.29, 1.82) is 0 Å². The van der Waals surface area contributed by atoms with Gasteiger partial charge in [-0.3, -0.25) is 0 Å². The molecule has 0 spiro atoms. The summed E-state index contributed by atoms with van der Waals surface area (Å²) in [6, 6.07) is 9.12. The number of nitrogens with one attached hydrogen (secondary N) is 1. The molecule has 3 aliphatic rings. The van der Waals surface area contributed by atoms with Crippen LogP contribution in [-0.2, 0) is 6.54 Å². The van der Waals surface area contributed by atoms with Gasteiger partial charge in [0, 0.05) is 49.7 Å². The third-order valence-electron chi connectivity index (χ3n) is 7.01. The van der Waals surface area contributed by atoms with Crippen LogP contribution in [-0.4, -0.2) is 50.4 Å². The fourth-order valence-electron chi connectivity index (χ4n) is 5.52. The van der Waals surface area contributed by atoms with Crippen molar-refractivity contribution in [2.75, 3.05) is 34.8 Å². The second-order valence-corrected chi connectivity index (χ2v) is 9.13. The Labute approximate surface area is 186 Å². The van der Waals surface area contributed by atoms with E-state index in [9.17, 15) is 4.39 Å². The second kappa shape index (κ2) is 7.72. The Bertz CT molecular complexity index is 1120. The summed E-state index contributed by atoms with van der Waals surface area (Å²) in [6.45, 7) is 5.60. The molecule has 2 bridgehead atoms. The predicted octanol–water partition coefficient (Wildman–Crippen LogP) is 3.38. The molecule has 1 aliphatic carbocycles. The number of hydrogen-bond acceptors (Lipinski definition) is 7. The molecule has 1 N–H and O–H groups in total. The summed E-state index contributed by atoms with van der Waals surface area (Å²) in [7, 11) is 0. The van der Waals surface area contributed by atoms with Crippen molar-refractivity contribution in [2.24, 2.45) is 11.8 Å². The standard InChI is InChI=1S/C23H27FN8/c1-15-10-20(26-14-25-15)30-12-16-6-7-17(13-30)21(16)27-22-28-23-31(8-3-9-32(23)29-22)19-5-2-4-18(24)11-19/h2,4-5,10-11,14,16-17,21H,3,6-9,12-13H2,1H3,(H,27,29)/t16-,17+,21-. The zero-order chi connectivity index (χ0) is 21.7. The summed E-state index contributed by atoms with van der Waals surface area (Å²) in [5.41, 5.74) is 1.82. The van der Waals surface area contributed by atoms with Crippen LogP contribution < -0.4 is 15.1 Å². The SMILES string of the molecule is Cc1cc(N2C[C@H]3CC[C@@H](C2)[C@@H]3Nc2nc3n(n2)CCCN3c2cccc(F)c2)ncn1. The van der Waals surface area contributed by atoms with E-state index in [1.165, 1.54) is 18.9 Å². The number of aromatic nitrogens is 5. The molecule has 0 amide bonds. The molecule has 1 aromatic carbocycles. The highest BCUT2D eigenvalue weighted by Crippen LogP contribution is 2.40. The first-order valence-corrected chi connectivity index (χ1v) is 11.4. The third kappa shape index (κ3) is 3.45. The predicted molar refractivity (Wildman–Crippen MR) is 121 cm³/mol. The molecule has 2 aromatic heterocycles. The molecule has 3 aromatic rings. The first-order valence-electron chi connectivity index (χ1n) is 11.4. The average Bonchev–Trinajstić information content (AvgIpc) is 3.29. The van der Waals surface area contributed by atoms with Crippen LogP contribution in [0, 0.1) is 24.6 Å². The molecule has 8 nitrogen and oxygen atoms in total. The maximum Gasteiger partial charge on any atom is 0.244 e. The summed E-state index contributed by atoms with van der Waals surface area (Å²) in [6.07, 6.45) is 5.01. The van der Waals surface area contributed by atoms with Crippen molar-refractivity contribution in [1.82, 2.24) is 24.7 Å². The lowest BCUT2D eigenvalue weighted by Gasteiger charge is -2.38. The fraction of sp³-hybridized carbons (Fsp3) is 0.478. The van der Waals surface area contributed by atoms with Crippen molar-refractivity contribution in [3.8, 4) is 0 Å². The van der Waals surface area contributed by atoms with Crippen LogP contribution in [0.1, 0.15) is 25.0 Å². The topological polar surface area (TPSA) is 75.0 Å². The molecule has 32 heavy (non-hydrogen) atoms. The van der Waals surface area contributed by atoms with Gasteiger partial charge in [-0.25, -0.2) is 19.0 Å². The second-order valence-electron chi connectivity index (χ2n) is 9.13. The number of benzene rings is 1. The molecule has 3 atom stereocenters. The van der Waals surface area contributed by atoms with Gasteiger partial charge >= 0.3 is 0 Å². The molecule has 166 valence electrons. The number of halogens is 1. The minimum atomic E-state index is -0.236.